The molecule has 3 rings (SSSR count). The van der Waals surface area contributed by atoms with Crippen molar-refractivity contribution in [2.75, 3.05) is 26.8 Å². The molecule has 27 heavy (non-hydrogen) atoms. The molecule has 0 bridgehead atoms. The normalized spacial score (nSPS) is 17.5. The summed E-state index contributed by atoms with van der Waals surface area (Å²) in [7, 11) is 1.83. The van der Waals surface area contributed by atoms with Crippen molar-refractivity contribution < 1.29 is 4.74 Å². The summed E-state index contributed by atoms with van der Waals surface area (Å²) in [5, 5.41) is 7.06. The molecule has 1 saturated heterocycles. The summed E-state index contributed by atoms with van der Waals surface area (Å²) in [5.41, 5.74) is 2.72. The highest BCUT2D eigenvalue weighted by molar-refractivity contribution is 14.0. The number of ether oxygens (including phenoxy) is 1. The molecule has 0 amide bonds. The van der Waals surface area contributed by atoms with Gasteiger partial charge in [-0.25, -0.2) is 0 Å². The second kappa shape index (κ2) is 10.7. The summed E-state index contributed by atoms with van der Waals surface area (Å²) in [6.45, 7) is 4.62. The fourth-order valence-corrected chi connectivity index (χ4v) is 3.60. The van der Waals surface area contributed by atoms with E-state index >= 15 is 0 Å². The first-order chi connectivity index (χ1) is 12.7. The van der Waals surface area contributed by atoms with Gasteiger partial charge in [-0.1, -0.05) is 60.7 Å². The Balaban J connectivity index is 0.00000261. The van der Waals surface area contributed by atoms with Gasteiger partial charge in [-0.3, -0.25) is 4.99 Å². The van der Waals surface area contributed by atoms with Crippen LogP contribution in [0.5, 0.6) is 0 Å². The lowest BCUT2D eigenvalue weighted by atomic mass is 9.74. The van der Waals surface area contributed by atoms with Crippen LogP contribution in [0.2, 0.25) is 0 Å². The SMILES string of the molecule is CN=C(NCC1(c2ccccc2)CCOCC1)NC(C)c1ccccc1.I. The second-order valence-electron chi connectivity index (χ2n) is 6.96. The molecule has 1 aliphatic rings. The molecule has 1 unspecified atom stereocenters. The molecule has 0 aromatic heterocycles. The zero-order valence-corrected chi connectivity index (χ0v) is 18.5. The third kappa shape index (κ3) is 5.69. The summed E-state index contributed by atoms with van der Waals surface area (Å²) in [5.74, 6) is 0.836. The molecule has 2 aromatic carbocycles. The van der Waals surface area contributed by atoms with E-state index in [0.29, 0.717) is 0 Å². The summed E-state index contributed by atoms with van der Waals surface area (Å²) < 4.78 is 5.63. The molecule has 2 N–H and O–H groups in total. The van der Waals surface area contributed by atoms with Crippen molar-refractivity contribution in [2.45, 2.75) is 31.2 Å². The summed E-state index contributed by atoms with van der Waals surface area (Å²) >= 11 is 0. The molecule has 5 heteroatoms. The Morgan fingerprint density at radius 2 is 1.63 bits per heavy atom. The van der Waals surface area contributed by atoms with Gasteiger partial charge in [0.2, 0.25) is 0 Å². The van der Waals surface area contributed by atoms with Crippen molar-refractivity contribution in [1.29, 1.82) is 0 Å². The van der Waals surface area contributed by atoms with Gasteiger partial charge in [0.05, 0.1) is 6.04 Å². The van der Waals surface area contributed by atoms with Gasteiger partial charge in [-0.15, -0.1) is 24.0 Å². The van der Waals surface area contributed by atoms with Crippen LogP contribution in [0.4, 0.5) is 0 Å². The maximum atomic E-state index is 5.63. The molecule has 1 atom stereocenters. The van der Waals surface area contributed by atoms with E-state index in [1.165, 1.54) is 11.1 Å². The van der Waals surface area contributed by atoms with Crippen LogP contribution in [0.3, 0.4) is 0 Å². The molecule has 146 valence electrons. The molecule has 1 heterocycles. The van der Waals surface area contributed by atoms with Gasteiger partial charge in [-0.05, 0) is 30.9 Å². The average Bonchev–Trinajstić information content (AvgIpc) is 2.73. The van der Waals surface area contributed by atoms with E-state index in [1.54, 1.807) is 0 Å². The number of benzene rings is 2. The zero-order chi connectivity index (χ0) is 18.2. The Morgan fingerprint density at radius 3 is 2.22 bits per heavy atom. The Hall–Kier alpha value is -1.60. The lowest BCUT2D eigenvalue weighted by Crippen LogP contribution is -2.48. The topological polar surface area (TPSA) is 45.7 Å². The van der Waals surface area contributed by atoms with Crippen molar-refractivity contribution in [2.24, 2.45) is 4.99 Å². The molecule has 0 radical (unpaired) electrons. The van der Waals surface area contributed by atoms with E-state index in [2.05, 4.69) is 77.1 Å². The number of hydrogen-bond donors (Lipinski definition) is 2. The van der Waals surface area contributed by atoms with Gasteiger partial charge >= 0.3 is 0 Å². The molecule has 0 spiro atoms. The van der Waals surface area contributed by atoms with Crippen molar-refractivity contribution in [1.82, 2.24) is 10.6 Å². The van der Waals surface area contributed by atoms with Gasteiger partial charge in [-0.2, -0.15) is 0 Å². The number of halogens is 1. The number of nitrogens with one attached hydrogen (secondary N) is 2. The predicted octanol–water partition coefficient (Wildman–Crippen LogP) is 4.28. The lowest BCUT2D eigenvalue weighted by molar-refractivity contribution is 0.0513. The van der Waals surface area contributed by atoms with Crippen LogP contribution in [0.25, 0.3) is 0 Å². The minimum absolute atomic E-state index is 0. The molecule has 1 fully saturated rings. The van der Waals surface area contributed by atoms with Crippen molar-refractivity contribution in [3.05, 3.63) is 71.8 Å². The minimum Gasteiger partial charge on any atom is -0.381 e. The van der Waals surface area contributed by atoms with Crippen molar-refractivity contribution in [3.63, 3.8) is 0 Å². The predicted molar refractivity (Wildman–Crippen MR) is 123 cm³/mol. The lowest BCUT2D eigenvalue weighted by Gasteiger charge is -2.38. The highest BCUT2D eigenvalue weighted by Crippen LogP contribution is 2.34. The third-order valence-electron chi connectivity index (χ3n) is 5.31. The molecular weight excluding hydrogens is 449 g/mol. The first kappa shape index (κ1) is 21.7. The van der Waals surface area contributed by atoms with Crippen LogP contribution in [0.1, 0.15) is 36.9 Å². The standard InChI is InChI=1S/C22H29N3O.HI/c1-18(19-9-5-3-6-10-19)25-21(23-2)24-17-22(13-15-26-16-14-22)20-11-7-4-8-12-20;/h3-12,18H,13-17H2,1-2H3,(H2,23,24,25);1H. The molecular formula is C22H30IN3O. The van der Waals surface area contributed by atoms with E-state index in [-0.39, 0.29) is 35.4 Å². The third-order valence-corrected chi connectivity index (χ3v) is 5.31. The minimum atomic E-state index is 0. The highest BCUT2D eigenvalue weighted by atomic mass is 127. The maximum absolute atomic E-state index is 5.63. The first-order valence-electron chi connectivity index (χ1n) is 9.39. The summed E-state index contributed by atoms with van der Waals surface area (Å²) in [6.07, 6.45) is 2.05. The Labute approximate surface area is 179 Å². The highest BCUT2D eigenvalue weighted by Gasteiger charge is 2.34. The Morgan fingerprint density at radius 1 is 1.04 bits per heavy atom. The van der Waals surface area contributed by atoms with Crippen LogP contribution in [-0.4, -0.2) is 32.8 Å². The molecule has 0 saturated carbocycles. The van der Waals surface area contributed by atoms with Crippen LogP contribution in [-0.2, 0) is 10.2 Å². The second-order valence-corrected chi connectivity index (χ2v) is 6.96. The van der Waals surface area contributed by atoms with Crippen molar-refractivity contribution in [3.8, 4) is 0 Å². The molecule has 1 aliphatic heterocycles. The van der Waals surface area contributed by atoms with Gasteiger partial charge in [0.1, 0.15) is 0 Å². The summed E-state index contributed by atoms with van der Waals surface area (Å²) in [6, 6.07) is 21.4. The zero-order valence-electron chi connectivity index (χ0n) is 16.2. The van der Waals surface area contributed by atoms with E-state index in [0.717, 1.165) is 38.6 Å². The van der Waals surface area contributed by atoms with Gasteiger partial charge in [0, 0.05) is 32.2 Å². The fourth-order valence-electron chi connectivity index (χ4n) is 3.60. The largest absolute Gasteiger partial charge is 0.381 e. The first-order valence-corrected chi connectivity index (χ1v) is 9.39. The van der Waals surface area contributed by atoms with E-state index in [4.69, 9.17) is 4.74 Å². The van der Waals surface area contributed by atoms with Crippen LogP contribution in [0, 0.1) is 0 Å². The summed E-state index contributed by atoms with van der Waals surface area (Å²) in [4.78, 5) is 4.43. The maximum Gasteiger partial charge on any atom is 0.191 e. The smallest absolute Gasteiger partial charge is 0.191 e. The van der Waals surface area contributed by atoms with Crippen LogP contribution < -0.4 is 10.6 Å². The number of aliphatic imine (C=N–C) groups is 1. The Kier molecular flexibility index (Phi) is 8.57. The number of nitrogens with zero attached hydrogens (tertiary/aromatic N) is 1. The molecule has 0 aliphatic carbocycles. The van der Waals surface area contributed by atoms with E-state index in [9.17, 15) is 0 Å². The van der Waals surface area contributed by atoms with Gasteiger partial charge in [0.15, 0.2) is 5.96 Å². The monoisotopic (exact) mass is 479 g/mol. The molecule has 2 aromatic rings. The van der Waals surface area contributed by atoms with Crippen LogP contribution in [0.15, 0.2) is 65.7 Å². The van der Waals surface area contributed by atoms with E-state index < -0.39 is 0 Å². The van der Waals surface area contributed by atoms with Gasteiger partial charge < -0.3 is 15.4 Å². The number of hydrogen-bond acceptors (Lipinski definition) is 2. The quantitative estimate of drug-likeness (QED) is 0.383. The van der Waals surface area contributed by atoms with Crippen LogP contribution >= 0.6 is 24.0 Å². The van der Waals surface area contributed by atoms with Gasteiger partial charge in [0.25, 0.3) is 0 Å². The van der Waals surface area contributed by atoms with E-state index in [1.807, 2.05) is 13.1 Å². The Bertz CT molecular complexity index is 700. The average molecular weight is 479 g/mol. The number of guanidine groups is 1. The van der Waals surface area contributed by atoms with Crippen molar-refractivity contribution >= 4 is 29.9 Å². The molecule has 4 nitrogen and oxygen atoms in total. The number of rotatable bonds is 5. The fraction of sp³-hybridized carbons (Fsp3) is 0.409.